The summed E-state index contributed by atoms with van der Waals surface area (Å²) in [4.78, 5) is 0. The van der Waals surface area contributed by atoms with Crippen molar-refractivity contribution in [2.75, 3.05) is 26.8 Å². The van der Waals surface area contributed by atoms with Gasteiger partial charge in [-0.25, -0.2) is 0 Å². The van der Waals surface area contributed by atoms with E-state index in [1.54, 1.807) is 0 Å². The molecule has 0 aliphatic rings. The standard InChI is InChI=1S/C18H31NO/c1-15(2)9-11-20-12-10-17(14-19-4)13-18-8-6-5-7-16(18)3/h5-8,15,17,19H,9-14H2,1-4H3. The predicted octanol–water partition coefficient (Wildman–Crippen LogP) is 3.83. The number of ether oxygens (including phenoxy) is 1. The quantitative estimate of drug-likeness (QED) is 0.656. The zero-order valence-corrected chi connectivity index (χ0v) is 13.6. The van der Waals surface area contributed by atoms with Crippen LogP contribution in [0.5, 0.6) is 0 Å². The van der Waals surface area contributed by atoms with Gasteiger partial charge in [-0.15, -0.1) is 0 Å². The molecule has 0 aliphatic carbocycles. The molecule has 0 fully saturated rings. The van der Waals surface area contributed by atoms with E-state index in [0.29, 0.717) is 5.92 Å². The van der Waals surface area contributed by atoms with Gasteiger partial charge >= 0.3 is 0 Å². The van der Waals surface area contributed by atoms with Gasteiger partial charge in [0.1, 0.15) is 0 Å². The van der Waals surface area contributed by atoms with Crippen molar-refractivity contribution in [3.05, 3.63) is 35.4 Å². The monoisotopic (exact) mass is 277 g/mol. The highest BCUT2D eigenvalue weighted by atomic mass is 16.5. The first-order valence-electron chi connectivity index (χ1n) is 7.90. The Morgan fingerprint density at radius 1 is 1.10 bits per heavy atom. The summed E-state index contributed by atoms with van der Waals surface area (Å²) in [6, 6.07) is 8.70. The first-order valence-corrected chi connectivity index (χ1v) is 7.90. The summed E-state index contributed by atoms with van der Waals surface area (Å²) in [5, 5.41) is 3.31. The minimum absolute atomic E-state index is 0.653. The lowest BCUT2D eigenvalue weighted by molar-refractivity contribution is 0.110. The van der Waals surface area contributed by atoms with Crippen LogP contribution in [0.25, 0.3) is 0 Å². The summed E-state index contributed by atoms with van der Waals surface area (Å²) in [6.45, 7) is 9.52. The maximum atomic E-state index is 5.76. The maximum absolute atomic E-state index is 5.76. The lowest BCUT2D eigenvalue weighted by atomic mass is 9.94. The van der Waals surface area contributed by atoms with Crippen molar-refractivity contribution >= 4 is 0 Å². The molecule has 1 atom stereocenters. The molecule has 1 aromatic rings. The van der Waals surface area contributed by atoms with Crippen molar-refractivity contribution in [1.82, 2.24) is 5.32 Å². The largest absolute Gasteiger partial charge is 0.381 e. The van der Waals surface area contributed by atoms with Crippen molar-refractivity contribution in [3.8, 4) is 0 Å². The highest BCUT2D eigenvalue weighted by molar-refractivity contribution is 5.25. The second-order valence-electron chi connectivity index (χ2n) is 6.14. The summed E-state index contributed by atoms with van der Waals surface area (Å²) < 4.78 is 5.76. The predicted molar refractivity (Wildman–Crippen MR) is 87.2 cm³/mol. The molecule has 1 unspecified atom stereocenters. The summed E-state index contributed by atoms with van der Waals surface area (Å²) in [5.74, 6) is 1.38. The highest BCUT2D eigenvalue weighted by Gasteiger charge is 2.10. The van der Waals surface area contributed by atoms with Gasteiger partial charge in [-0.2, -0.15) is 0 Å². The average molecular weight is 277 g/mol. The smallest absolute Gasteiger partial charge is 0.0469 e. The number of aryl methyl sites for hydroxylation is 1. The molecule has 0 heterocycles. The van der Waals surface area contributed by atoms with E-state index in [-0.39, 0.29) is 0 Å². The zero-order valence-electron chi connectivity index (χ0n) is 13.6. The molecule has 2 heteroatoms. The van der Waals surface area contributed by atoms with E-state index in [2.05, 4.69) is 50.4 Å². The van der Waals surface area contributed by atoms with Gasteiger partial charge in [-0.1, -0.05) is 38.1 Å². The van der Waals surface area contributed by atoms with Crippen LogP contribution in [0, 0.1) is 18.8 Å². The fraction of sp³-hybridized carbons (Fsp3) is 0.667. The number of hydrogen-bond acceptors (Lipinski definition) is 2. The third kappa shape index (κ3) is 7.06. The van der Waals surface area contributed by atoms with Crippen molar-refractivity contribution in [2.45, 2.75) is 40.0 Å². The molecule has 0 aromatic heterocycles. The molecule has 0 radical (unpaired) electrons. The Hall–Kier alpha value is -0.860. The second-order valence-corrected chi connectivity index (χ2v) is 6.14. The lowest BCUT2D eigenvalue weighted by Crippen LogP contribution is -2.22. The fourth-order valence-corrected chi connectivity index (χ4v) is 2.39. The molecule has 0 aliphatic heterocycles. The molecule has 114 valence electrons. The Kier molecular flexibility index (Phi) is 8.56. The summed E-state index contributed by atoms with van der Waals surface area (Å²) in [7, 11) is 2.03. The van der Waals surface area contributed by atoms with E-state index >= 15 is 0 Å². The van der Waals surface area contributed by atoms with Crippen LogP contribution in [-0.4, -0.2) is 26.8 Å². The normalized spacial score (nSPS) is 12.8. The maximum Gasteiger partial charge on any atom is 0.0469 e. The molecule has 1 N–H and O–H groups in total. The molecular weight excluding hydrogens is 246 g/mol. The molecular formula is C18H31NO. The summed E-state index contributed by atoms with van der Waals surface area (Å²) in [5.41, 5.74) is 2.87. The summed E-state index contributed by atoms with van der Waals surface area (Å²) >= 11 is 0. The van der Waals surface area contributed by atoms with Crippen LogP contribution < -0.4 is 5.32 Å². The van der Waals surface area contributed by atoms with Crippen LogP contribution in [0.3, 0.4) is 0 Å². The SMILES string of the molecule is CNCC(CCOCCC(C)C)Cc1ccccc1C. The van der Waals surface area contributed by atoms with Gasteiger partial charge in [0, 0.05) is 13.2 Å². The Labute approximate surface area is 124 Å². The topological polar surface area (TPSA) is 21.3 Å². The van der Waals surface area contributed by atoms with Crippen molar-refractivity contribution in [3.63, 3.8) is 0 Å². The average Bonchev–Trinajstić information content (AvgIpc) is 2.40. The first kappa shape index (κ1) is 17.2. The molecule has 0 saturated carbocycles. The van der Waals surface area contributed by atoms with E-state index in [1.165, 1.54) is 11.1 Å². The molecule has 0 spiro atoms. The van der Waals surface area contributed by atoms with Gasteiger partial charge < -0.3 is 10.1 Å². The Morgan fingerprint density at radius 2 is 1.80 bits per heavy atom. The Morgan fingerprint density at radius 3 is 2.45 bits per heavy atom. The van der Waals surface area contributed by atoms with E-state index in [0.717, 1.165) is 44.9 Å². The van der Waals surface area contributed by atoms with Crippen LogP contribution in [0.1, 0.15) is 37.8 Å². The molecule has 1 aromatic carbocycles. The van der Waals surface area contributed by atoms with Gasteiger partial charge in [0.2, 0.25) is 0 Å². The number of benzene rings is 1. The van der Waals surface area contributed by atoms with Gasteiger partial charge in [0.25, 0.3) is 0 Å². The van der Waals surface area contributed by atoms with Crippen molar-refractivity contribution in [1.29, 1.82) is 0 Å². The number of nitrogens with one attached hydrogen (secondary N) is 1. The highest BCUT2D eigenvalue weighted by Crippen LogP contribution is 2.15. The van der Waals surface area contributed by atoms with E-state index in [4.69, 9.17) is 4.74 Å². The Balaban J connectivity index is 2.35. The number of hydrogen-bond donors (Lipinski definition) is 1. The van der Waals surface area contributed by atoms with Gasteiger partial charge in [0.05, 0.1) is 0 Å². The molecule has 0 amide bonds. The minimum atomic E-state index is 0.653. The van der Waals surface area contributed by atoms with E-state index < -0.39 is 0 Å². The minimum Gasteiger partial charge on any atom is -0.381 e. The van der Waals surface area contributed by atoms with Gasteiger partial charge in [-0.3, -0.25) is 0 Å². The zero-order chi connectivity index (χ0) is 14.8. The lowest BCUT2D eigenvalue weighted by Gasteiger charge is -2.18. The fourth-order valence-electron chi connectivity index (χ4n) is 2.39. The van der Waals surface area contributed by atoms with Crippen molar-refractivity contribution < 1.29 is 4.74 Å². The van der Waals surface area contributed by atoms with Gasteiger partial charge in [-0.05, 0) is 62.7 Å². The van der Waals surface area contributed by atoms with Crippen LogP contribution >= 0.6 is 0 Å². The van der Waals surface area contributed by atoms with E-state index in [1.807, 2.05) is 7.05 Å². The van der Waals surface area contributed by atoms with Crippen molar-refractivity contribution in [2.24, 2.45) is 11.8 Å². The Bertz CT molecular complexity index is 362. The third-order valence-electron chi connectivity index (χ3n) is 3.77. The van der Waals surface area contributed by atoms with Crippen LogP contribution in [-0.2, 0) is 11.2 Å². The first-order chi connectivity index (χ1) is 9.63. The molecule has 0 saturated heterocycles. The van der Waals surface area contributed by atoms with Crippen LogP contribution in [0.2, 0.25) is 0 Å². The van der Waals surface area contributed by atoms with E-state index in [9.17, 15) is 0 Å². The molecule has 0 bridgehead atoms. The van der Waals surface area contributed by atoms with Crippen LogP contribution in [0.4, 0.5) is 0 Å². The third-order valence-corrected chi connectivity index (χ3v) is 3.77. The van der Waals surface area contributed by atoms with Gasteiger partial charge in [0.15, 0.2) is 0 Å². The summed E-state index contributed by atoms with van der Waals surface area (Å²) in [6.07, 6.45) is 3.43. The number of rotatable bonds is 10. The molecule has 1 rings (SSSR count). The molecule has 20 heavy (non-hydrogen) atoms. The second kappa shape index (κ2) is 9.95. The molecule has 2 nitrogen and oxygen atoms in total. The van der Waals surface area contributed by atoms with Crippen LogP contribution in [0.15, 0.2) is 24.3 Å².